The van der Waals surface area contributed by atoms with Crippen LogP contribution in [0.2, 0.25) is 0 Å². The van der Waals surface area contributed by atoms with Crippen molar-refractivity contribution in [2.45, 2.75) is 64.1 Å². The highest BCUT2D eigenvalue weighted by Gasteiger charge is 2.44. The van der Waals surface area contributed by atoms with E-state index < -0.39 is 47.0 Å². The van der Waals surface area contributed by atoms with Crippen LogP contribution in [0.15, 0.2) is 115 Å². The number of benzene rings is 4. The van der Waals surface area contributed by atoms with Gasteiger partial charge in [-0.2, -0.15) is 0 Å². The van der Waals surface area contributed by atoms with E-state index in [-0.39, 0.29) is 19.6 Å². The van der Waals surface area contributed by atoms with Crippen LogP contribution in [-0.4, -0.2) is 51.8 Å². The topological polar surface area (TPSA) is 143 Å². The Bertz CT molecular complexity index is 1710. The van der Waals surface area contributed by atoms with Crippen LogP contribution in [0.3, 0.4) is 0 Å². The van der Waals surface area contributed by atoms with Gasteiger partial charge in [0.25, 0.3) is 11.8 Å². The van der Waals surface area contributed by atoms with Gasteiger partial charge < -0.3 is 26.2 Å². The van der Waals surface area contributed by atoms with E-state index in [1.165, 1.54) is 5.01 Å². The quantitative estimate of drug-likeness (QED) is 0.126. The Morgan fingerprint density at radius 1 is 0.816 bits per heavy atom. The highest BCUT2D eigenvalue weighted by atomic mass is 16.3. The molecule has 0 saturated heterocycles. The molecular weight excluding hydrogens is 618 g/mol. The molecule has 0 heterocycles. The second-order valence-electron chi connectivity index (χ2n) is 13.6. The average Bonchev–Trinajstić information content (AvgIpc) is 3.41. The van der Waals surface area contributed by atoms with Gasteiger partial charge >= 0.3 is 6.03 Å². The molecule has 1 aliphatic rings. The lowest BCUT2D eigenvalue weighted by Crippen LogP contribution is -2.61. The Morgan fingerprint density at radius 3 is 2.02 bits per heavy atom. The Kier molecular flexibility index (Phi) is 11.1. The van der Waals surface area contributed by atoms with Crippen LogP contribution in [0.25, 0.3) is 0 Å². The summed E-state index contributed by atoms with van der Waals surface area (Å²) >= 11 is 0. The average molecular weight is 664 g/mol. The molecule has 4 atom stereocenters. The number of carbonyl (C=O) groups excluding carboxylic acids is 3. The number of aliphatic hydroxyl groups excluding tert-OH is 1. The molecule has 6 N–H and O–H groups in total. The van der Waals surface area contributed by atoms with Gasteiger partial charge in [0, 0.05) is 19.5 Å². The van der Waals surface area contributed by atoms with Crippen molar-refractivity contribution >= 4 is 17.8 Å². The van der Waals surface area contributed by atoms with Crippen molar-refractivity contribution in [2.75, 3.05) is 6.54 Å². The predicted octanol–water partition coefficient (Wildman–Crippen LogP) is 4.10. The normalized spacial score (nSPS) is 17.3. The minimum Gasteiger partial charge on any atom is -0.390 e. The third-order valence-electron chi connectivity index (χ3n) is 8.72. The zero-order chi connectivity index (χ0) is 35.0. The lowest BCUT2D eigenvalue weighted by Gasteiger charge is -2.37. The summed E-state index contributed by atoms with van der Waals surface area (Å²) in [5.74, 6) is -1.24. The lowest BCUT2D eigenvalue weighted by molar-refractivity contribution is -0.149. The number of carbonyl (C=O) groups is 3. The first-order valence-corrected chi connectivity index (χ1v) is 16.5. The molecule has 4 amide bonds. The number of nitrogens with zero attached hydrogens (tertiary/aromatic N) is 1. The van der Waals surface area contributed by atoms with Crippen LogP contribution in [0.1, 0.15) is 54.6 Å². The maximum atomic E-state index is 14.2. The van der Waals surface area contributed by atoms with Gasteiger partial charge in [-0.25, -0.2) is 9.80 Å². The summed E-state index contributed by atoms with van der Waals surface area (Å²) in [5, 5.41) is 33.3. The summed E-state index contributed by atoms with van der Waals surface area (Å²) in [7, 11) is 0. The number of rotatable bonds is 12. The molecule has 1 unspecified atom stereocenters. The largest absolute Gasteiger partial charge is 0.390 e. The first-order chi connectivity index (χ1) is 23.4. The summed E-state index contributed by atoms with van der Waals surface area (Å²) in [6.45, 7) is 5.61. The monoisotopic (exact) mass is 663 g/mol. The molecule has 10 heteroatoms. The predicted molar refractivity (Wildman–Crippen MR) is 187 cm³/mol. The molecule has 0 saturated carbocycles. The molecular formula is C39H45N5O5. The highest BCUT2D eigenvalue weighted by Crippen LogP contribution is 2.33. The number of nitrogens with one attached hydrogen (secondary N) is 4. The Hall–Kier alpha value is -5.03. The van der Waals surface area contributed by atoms with E-state index >= 15 is 0 Å². The molecule has 0 fully saturated rings. The third kappa shape index (κ3) is 8.91. The number of urea groups is 1. The number of aliphatic hydroxyl groups is 2. The van der Waals surface area contributed by atoms with E-state index in [0.29, 0.717) is 12.0 Å². The smallest absolute Gasteiger partial charge is 0.315 e. The second kappa shape index (κ2) is 15.5. The standard InChI is InChI=1S/C39H45N5O5/c1-38(2,3)34(42-37(48)40-24-27-15-7-4-8-16-27)35(46)43-44(25-28-17-9-5-10-18-28)26-39(49,30-20-11-6-12-21-30)36(47)41-33-31-22-14-13-19-29(31)23-32(33)45/h4-22,32-34,45,49H,23-26H2,1-3H3,(H,41,47)(H,43,46)(H2,40,42,48)/t32-,33?,34-,39-/m1/s1. The van der Waals surface area contributed by atoms with Crippen LogP contribution in [0.4, 0.5) is 4.79 Å². The van der Waals surface area contributed by atoms with Crippen LogP contribution < -0.4 is 21.4 Å². The maximum Gasteiger partial charge on any atom is 0.315 e. The van der Waals surface area contributed by atoms with Gasteiger partial charge in [-0.05, 0) is 33.2 Å². The van der Waals surface area contributed by atoms with Gasteiger partial charge in [-0.15, -0.1) is 0 Å². The van der Waals surface area contributed by atoms with Crippen LogP contribution in [0, 0.1) is 5.41 Å². The fraction of sp³-hybridized carbons (Fsp3) is 0.308. The van der Waals surface area contributed by atoms with Crippen molar-refractivity contribution in [1.82, 2.24) is 26.4 Å². The molecule has 49 heavy (non-hydrogen) atoms. The van der Waals surface area contributed by atoms with Crippen molar-refractivity contribution in [3.63, 3.8) is 0 Å². The van der Waals surface area contributed by atoms with Crippen molar-refractivity contribution in [3.05, 3.63) is 143 Å². The van der Waals surface area contributed by atoms with E-state index in [1.807, 2.05) is 106 Å². The minimum absolute atomic E-state index is 0.140. The van der Waals surface area contributed by atoms with Gasteiger partial charge in [0.15, 0.2) is 5.60 Å². The number of hydrogen-bond donors (Lipinski definition) is 6. The number of hydrazine groups is 1. The number of amides is 4. The molecule has 0 radical (unpaired) electrons. The molecule has 0 aromatic heterocycles. The van der Waals surface area contributed by atoms with E-state index in [9.17, 15) is 24.6 Å². The summed E-state index contributed by atoms with van der Waals surface area (Å²) in [6.07, 6.45) is -0.491. The van der Waals surface area contributed by atoms with E-state index in [2.05, 4.69) is 21.4 Å². The minimum atomic E-state index is -2.15. The Balaban J connectivity index is 1.40. The van der Waals surface area contributed by atoms with E-state index in [4.69, 9.17) is 0 Å². The van der Waals surface area contributed by atoms with Crippen molar-refractivity contribution in [2.24, 2.45) is 5.41 Å². The van der Waals surface area contributed by atoms with Gasteiger partial charge in [-0.3, -0.25) is 15.0 Å². The molecule has 5 rings (SSSR count). The van der Waals surface area contributed by atoms with Crippen molar-refractivity contribution in [3.8, 4) is 0 Å². The number of fused-ring (bicyclic) bond motifs is 1. The summed E-state index contributed by atoms with van der Waals surface area (Å²) in [4.78, 5) is 41.2. The zero-order valence-corrected chi connectivity index (χ0v) is 28.1. The molecule has 0 spiro atoms. The molecule has 1 aliphatic carbocycles. The molecule has 0 aliphatic heterocycles. The van der Waals surface area contributed by atoms with Crippen LogP contribution in [-0.2, 0) is 34.7 Å². The summed E-state index contributed by atoms with van der Waals surface area (Å²) in [6, 6.07) is 32.6. The van der Waals surface area contributed by atoms with Gasteiger partial charge in [0.1, 0.15) is 6.04 Å². The molecule has 256 valence electrons. The van der Waals surface area contributed by atoms with Gasteiger partial charge in [0.2, 0.25) is 0 Å². The second-order valence-corrected chi connectivity index (χ2v) is 13.6. The summed E-state index contributed by atoms with van der Waals surface area (Å²) in [5.41, 5.74) is 3.81. The highest BCUT2D eigenvalue weighted by molar-refractivity contribution is 5.88. The van der Waals surface area contributed by atoms with Crippen LogP contribution in [0.5, 0.6) is 0 Å². The Labute approximate surface area is 287 Å². The molecule has 4 aromatic rings. The van der Waals surface area contributed by atoms with E-state index in [1.54, 1.807) is 30.3 Å². The maximum absolute atomic E-state index is 14.2. The summed E-state index contributed by atoms with van der Waals surface area (Å²) < 4.78 is 0. The van der Waals surface area contributed by atoms with Gasteiger partial charge in [-0.1, -0.05) is 136 Å². The van der Waals surface area contributed by atoms with Crippen molar-refractivity contribution in [1.29, 1.82) is 0 Å². The number of hydrogen-bond acceptors (Lipinski definition) is 6. The molecule has 10 nitrogen and oxygen atoms in total. The van der Waals surface area contributed by atoms with Crippen molar-refractivity contribution < 1.29 is 24.6 Å². The Morgan fingerprint density at radius 2 is 1.39 bits per heavy atom. The molecule has 0 bridgehead atoms. The first-order valence-electron chi connectivity index (χ1n) is 16.5. The molecule has 4 aromatic carbocycles. The SMILES string of the molecule is CC(C)(C)[C@H](NC(=O)NCc1ccccc1)C(=O)NN(Cc1ccccc1)C[C@](O)(C(=O)NC1c2ccccc2C[C@H]1O)c1ccccc1. The van der Waals surface area contributed by atoms with Gasteiger partial charge in [0.05, 0.1) is 18.7 Å². The fourth-order valence-electron chi connectivity index (χ4n) is 6.09. The fourth-order valence-corrected chi connectivity index (χ4v) is 6.09. The zero-order valence-electron chi connectivity index (χ0n) is 28.1. The lowest BCUT2D eigenvalue weighted by atomic mass is 9.86. The first kappa shape index (κ1) is 35.3. The van der Waals surface area contributed by atoms with Crippen LogP contribution >= 0.6 is 0 Å². The van der Waals surface area contributed by atoms with E-state index in [0.717, 1.165) is 22.3 Å². The third-order valence-corrected chi connectivity index (χ3v) is 8.72.